The number of nitrogens with one attached hydrogen (secondary N) is 1. The van der Waals surface area contributed by atoms with E-state index in [2.05, 4.69) is 19.2 Å². The smallest absolute Gasteiger partial charge is 0.322 e. The highest BCUT2D eigenvalue weighted by Gasteiger charge is 2.33. The van der Waals surface area contributed by atoms with Crippen molar-refractivity contribution >= 4 is 5.97 Å². The summed E-state index contributed by atoms with van der Waals surface area (Å²) in [6.45, 7) is 4.18. The molecule has 1 aliphatic rings. The largest absolute Gasteiger partial charge is 0.468 e. The highest BCUT2D eigenvalue weighted by atomic mass is 19.1. The summed E-state index contributed by atoms with van der Waals surface area (Å²) in [6, 6.07) is 6.85. The maximum absolute atomic E-state index is 13.2. The average Bonchev–Trinajstić information content (AvgIpc) is 2.39. The molecule has 4 heteroatoms. The molecule has 2 rings (SSSR count). The average molecular weight is 293 g/mol. The van der Waals surface area contributed by atoms with Gasteiger partial charge in [-0.15, -0.1) is 0 Å². The lowest BCUT2D eigenvalue weighted by molar-refractivity contribution is -0.144. The maximum atomic E-state index is 13.2. The number of halogens is 1. The van der Waals surface area contributed by atoms with Gasteiger partial charge in [-0.3, -0.25) is 4.79 Å². The van der Waals surface area contributed by atoms with Crippen LogP contribution in [0.2, 0.25) is 0 Å². The topological polar surface area (TPSA) is 38.3 Å². The van der Waals surface area contributed by atoms with Gasteiger partial charge in [0.05, 0.1) is 7.11 Å². The Labute approximate surface area is 125 Å². The monoisotopic (exact) mass is 293 g/mol. The van der Waals surface area contributed by atoms with Crippen molar-refractivity contribution in [3.8, 4) is 0 Å². The Balaban J connectivity index is 1.87. The van der Waals surface area contributed by atoms with Crippen LogP contribution in [0.3, 0.4) is 0 Å². The van der Waals surface area contributed by atoms with E-state index in [0.29, 0.717) is 17.9 Å². The van der Waals surface area contributed by atoms with Crippen LogP contribution in [0.25, 0.3) is 0 Å². The molecule has 1 fully saturated rings. The Bertz CT molecular complexity index is 483. The second-order valence-corrected chi connectivity index (χ2v) is 6.29. The lowest BCUT2D eigenvalue weighted by Crippen LogP contribution is -2.49. The van der Waals surface area contributed by atoms with Gasteiger partial charge in [0.2, 0.25) is 0 Å². The fourth-order valence-corrected chi connectivity index (χ4v) is 2.92. The van der Waals surface area contributed by atoms with E-state index in [0.717, 1.165) is 24.8 Å². The zero-order chi connectivity index (χ0) is 15.4. The van der Waals surface area contributed by atoms with Crippen LogP contribution >= 0.6 is 0 Å². The molecule has 1 aromatic carbocycles. The molecule has 0 aromatic heterocycles. The van der Waals surface area contributed by atoms with Crippen molar-refractivity contribution in [2.75, 3.05) is 7.11 Å². The second-order valence-electron chi connectivity index (χ2n) is 6.29. The van der Waals surface area contributed by atoms with Gasteiger partial charge < -0.3 is 10.1 Å². The third-order valence-corrected chi connectivity index (χ3v) is 4.09. The molecule has 0 saturated heterocycles. The van der Waals surface area contributed by atoms with E-state index >= 15 is 0 Å². The van der Waals surface area contributed by atoms with Gasteiger partial charge in [0.25, 0.3) is 0 Å². The summed E-state index contributed by atoms with van der Waals surface area (Å²) in [4.78, 5) is 11.8. The van der Waals surface area contributed by atoms with Crippen molar-refractivity contribution in [3.63, 3.8) is 0 Å². The Morgan fingerprint density at radius 1 is 1.43 bits per heavy atom. The van der Waals surface area contributed by atoms with Gasteiger partial charge in [-0.1, -0.05) is 26.0 Å². The molecule has 0 heterocycles. The first-order chi connectivity index (χ1) is 9.99. The third kappa shape index (κ3) is 4.27. The van der Waals surface area contributed by atoms with Gasteiger partial charge in [0, 0.05) is 6.04 Å². The molecule has 1 aliphatic carbocycles. The molecule has 21 heavy (non-hydrogen) atoms. The molecular weight excluding hydrogens is 269 g/mol. The zero-order valence-corrected chi connectivity index (χ0v) is 12.9. The first kappa shape index (κ1) is 16.0. The van der Waals surface area contributed by atoms with E-state index in [9.17, 15) is 9.18 Å². The zero-order valence-electron chi connectivity index (χ0n) is 12.9. The van der Waals surface area contributed by atoms with Crippen LogP contribution in [-0.4, -0.2) is 25.2 Å². The molecule has 0 amide bonds. The van der Waals surface area contributed by atoms with Crippen molar-refractivity contribution in [2.24, 2.45) is 5.92 Å². The molecule has 3 nitrogen and oxygen atoms in total. The van der Waals surface area contributed by atoms with Crippen molar-refractivity contribution in [1.82, 2.24) is 5.32 Å². The fourth-order valence-electron chi connectivity index (χ4n) is 2.92. The molecule has 116 valence electrons. The summed E-state index contributed by atoms with van der Waals surface area (Å²) in [6.07, 6.45) is 2.65. The van der Waals surface area contributed by atoms with E-state index in [1.54, 1.807) is 12.1 Å². The number of hydrogen-bond acceptors (Lipinski definition) is 3. The molecule has 0 bridgehead atoms. The van der Waals surface area contributed by atoms with Gasteiger partial charge in [0.15, 0.2) is 0 Å². The van der Waals surface area contributed by atoms with E-state index in [1.165, 1.54) is 13.2 Å². The number of esters is 1. The Kier molecular flexibility index (Phi) is 5.34. The molecular formula is C17H24FNO2. The van der Waals surface area contributed by atoms with Crippen LogP contribution in [0.5, 0.6) is 0 Å². The number of carbonyl (C=O) groups excluding carboxylic acids is 1. The predicted octanol–water partition coefficient (Wildman–Crippen LogP) is 3.25. The molecule has 0 spiro atoms. The molecule has 0 radical (unpaired) electrons. The molecule has 1 N–H and O–H groups in total. The lowest BCUT2D eigenvalue weighted by atomic mass is 9.75. The number of carbonyl (C=O) groups is 1. The SMILES string of the molecule is COC(=O)C(CC(C)C)NC1CC(c2cccc(F)c2)C1. The number of rotatable bonds is 6. The van der Waals surface area contributed by atoms with Gasteiger partial charge >= 0.3 is 5.97 Å². The van der Waals surface area contributed by atoms with Crippen LogP contribution in [0.1, 0.15) is 44.6 Å². The summed E-state index contributed by atoms with van der Waals surface area (Å²) in [5.74, 6) is 0.435. The van der Waals surface area contributed by atoms with E-state index < -0.39 is 0 Å². The van der Waals surface area contributed by atoms with Gasteiger partial charge in [-0.2, -0.15) is 0 Å². The third-order valence-electron chi connectivity index (χ3n) is 4.09. The normalized spacial score (nSPS) is 22.7. The minimum absolute atomic E-state index is 0.184. The number of benzene rings is 1. The Morgan fingerprint density at radius 3 is 2.71 bits per heavy atom. The highest BCUT2D eigenvalue weighted by Crippen LogP contribution is 2.37. The highest BCUT2D eigenvalue weighted by molar-refractivity contribution is 5.75. The van der Waals surface area contributed by atoms with E-state index in [1.807, 2.05) is 6.07 Å². The fraction of sp³-hybridized carbons (Fsp3) is 0.588. The predicted molar refractivity (Wildman–Crippen MR) is 80.6 cm³/mol. The van der Waals surface area contributed by atoms with E-state index in [-0.39, 0.29) is 17.8 Å². The summed E-state index contributed by atoms with van der Waals surface area (Å²) >= 11 is 0. The lowest BCUT2D eigenvalue weighted by Gasteiger charge is -2.38. The van der Waals surface area contributed by atoms with Crippen LogP contribution < -0.4 is 5.32 Å². The van der Waals surface area contributed by atoms with Crippen LogP contribution in [0.4, 0.5) is 4.39 Å². The number of hydrogen-bond donors (Lipinski definition) is 1. The van der Waals surface area contributed by atoms with Crippen LogP contribution in [0, 0.1) is 11.7 Å². The Hall–Kier alpha value is -1.42. The molecule has 1 unspecified atom stereocenters. The minimum Gasteiger partial charge on any atom is -0.468 e. The molecule has 1 atom stereocenters. The second kappa shape index (κ2) is 7.03. The first-order valence-corrected chi connectivity index (χ1v) is 7.59. The Morgan fingerprint density at radius 2 is 2.14 bits per heavy atom. The maximum Gasteiger partial charge on any atom is 0.322 e. The summed E-state index contributed by atoms with van der Waals surface area (Å²) < 4.78 is 18.1. The minimum atomic E-state index is -0.242. The van der Waals surface area contributed by atoms with Crippen molar-refractivity contribution in [3.05, 3.63) is 35.6 Å². The van der Waals surface area contributed by atoms with Gasteiger partial charge in [-0.05, 0) is 48.8 Å². The van der Waals surface area contributed by atoms with Crippen molar-refractivity contribution < 1.29 is 13.9 Å². The molecule has 0 aliphatic heterocycles. The van der Waals surface area contributed by atoms with Gasteiger partial charge in [-0.25, -0.2) is 4.39 Å². The quantitative estimate of drug-likeness (QED) is 0.818. The molecule has 1 aromatic rings. The summed E-state index contributed by atoms with van der Waals surface area (Å²) in [5.41, 5.74) is 1.05. The summed E-state index contributed by atoms with van der Waals surface area (Å²) in [5, 5.41) is 3.38. The van der Waals surface area contributed by atoms with Crippen molar-refractivity contribution in [2.45, 2.75) is 51.1 Å². The van der Waals surface area contributed by atoms with E-state index in [4.69, 9.17) is 4.74 Å². The summed E-state index contributed by atoms with van der Waals surface area (Å²) in [7, 11) is 1.42. The van der Waals surface area contributed by atoms with Crippen molar-refractivity contribution in [1.29, 1.82) is 0 Å². The van der Waals surface area contributed by atoms with Crippen LogP contribution in [0.15, 0.2) is 24.3 Å². The first-order valence-electron chi connectivity index (χ1n) is 7.59. The standard InChI is InChI=1S/C17H24FNO2/c1-11(2)7-16(17(20)21-3)19-15-9-13(10-15)12-5-4-6-14(18)8-12/h4-6,8,11,13,15-16,19H,7,9-10H2,1-3H3. The van der Waals surface area contributed by atoms with Gasteiger partial charge in [0.1, 0.15) is 11.9 Å². The molecule has 1 saturated carbocycles. The number of ether oxygens (including phenoxy) is 1. The number of methoxy groups -OCH3 is 1. The van der Waals surface area contributed by atoms with Crippen LogP contribution in [-0.2, 0) is 9.53 Å².